The highest BCUT2D eigenvalue weighted by atomic mass is 35.5. The number of fused-ring (bicyclic) bond motifs is 1. The minimum absolute atomic E-state index is 0.0857. The molecule has 3 rings (SSSR count). The number of hydrogen-bond acceptors (Lipinski definition) is 7. The number of nitro groups is 1. The Bertz CT molecular complexity index is 1160. The number of amides is 1. The summed E-state index contributed by atoms with van der Waals surface area (Å²) in [5.74, 6) is -1.79. The number of carbonyl (C=O) groups is 2. The second-order valence-electron chi connectivity index (χ2n) is 5.53. The molecule has 10 heteroatoms. The van der Waals surface area contributed by atoms with E-state index in [1.165, 1.54) is 18.2 Å². The van der Waals surface area contributed by atoms with Crippen molar-refractivity contribution in [2.75, 3.05) is 11.9 Å². The average molecular weight is 403 g/mol. The van der Waals surface area contributed by atoms with Crippen LogP contribution in [-0.4, -0.2) is 23.4 Å². The molecular weight excluding hydrogens is 392 g/mol. The Balaban J connectivity index is 1.67. The molecule has 0 saturated heterocycles. The van der Waals surface area contributed by atoms with E-state index in [4.69, 9.17) is 20.8 Å². The Morgan fingerprint density at radius 3 is 2.68 bits per heavy atom. The van der Waals surface area contributed by atoms with Gasteiger partial charge >= 0.3 is 11.6 Å². The molecule has 0 atom stereocenters. The Labute approximate surface area is 161 Å². The fourth-order valence-electron chi connectivity index (χ4n) is 2.34. The maximum absolute atomic E-state index is 12.1. The van der Waals surface area contributed by atoms with Crippen LogP contribution in [0.1, 0.15) is 10.4 Å². The molecule has 0 aliphatic heterocycles. The molecule has 0 spiro atoms. The maximum Gasteiger partial charge on any atom is 0.351 e. The summed E-state index contributed by atoms with van der Waals surface area (Å²) >= 11 is 5.69. The van der Waals surface area contributed by atoms with Crippen LogP contribution in [0.2, 0.25) is 5.02 Å². The van der Waals surface area contributed by atoms with Crippen LogP contribution in [0.25, 0.3) is 11.0 Å². The van der Waals surface area contributed by atoms with E-state index >= 15 is 0 Å². The molecule has 0 fully saturated rings. The minimum Gasteiger partial charge on any atom is -0.452 e. The predicted molar refractivity (Wildman–Crippen MR) is 99.5 cm³/mol. The molecule has 0 unspecified atom stereocenters. The number of nitrogens with one attached hydrogen (secondary N) is 1. The molecule has 28 heavy (non-hydrogen) atoms. The summed E-state index contributed by atoms with van der Waals surface area (Å²) in [6.45, 7) is -0.707. The average Bonchev–Trinajstić information content (AvgIpc) is 2.66. The monoisotopic (exact) mass is 402 g/mol. The lowest BCUT2D eigenvalue weighted by Gasteiger charge is -2.07. The SMILES string of the molecule is O=C(COC(=O)c1cc2ccccc2oc1=O)Nc1ccc(Cl)c([N+](=O)[O-])c1. The van der Waals surface area contributed by atoms with E-state index in [1.54, 1.807) is 24.3 Å². The molecule has 0 saturated carbocycles. The van der Waals surface area contributed by atoms with E-state index in [0.29, 0.717) is 11.0 Å². The first-order valence-electron chi connectivity index (χ1n) is 7.79. The molecular formula is C18H11ClN2O7. The van der Waals surface area contributed by atoms with Crippen LogP contribution in [0.4, 0.5) is 11.4 Å². The number of esters is 1. The molecule has 2 aromatic carbocycles. The highest BCUT2D eigenvalue weighted by Crippen LogP contribution is 2.27. The van der Waals surface area contributed by atoms with Gasteiger partial charge in [0.25, 0.3) is 11.6 Å². The van der Waals surface area contributed by atoms with Crippen molar-refractivity contribution < 1.29 is 23.7 Å². The smallest absolute Gasteiger partial charge is 0.351 e. The molecule has 1 N–H and O–H groups in total. The van der Waals surface area contributed by atoms with E-state index in [9.17, 15) is 24.5 Å². The summed E-state index contributed by atoms with van der Waals surface area (Å²) in [6, 6.07) is 11.6. The van der Waals surface area contributed by atoms with Gasteiger partial charge in [-0.3, -0.25) is 14.9 Å². The van der Waals surface area contributed by atoms with Crippen molar-refractivity contribution in [1.82, 2.24) is 0 Å². The lowest BCUT2D eigenvalue weighted by Crippen LogP contribution is -2.23. The Morgan fingerprint density at radius 1 is 1.18 bits per heavy atom. The van der Waals surface area contributed by atoms with Gasteiger partial charge < -0.3 is 14.5 Å². The van der Waals surface area contributed by atoms with Crippen LogP contribution in [0.3, 0.4) is 0 Å². The van der Waals surface area contributed by atoms with Gasteiger partial charge in [-0.1, -0.05) is 29.8 Å². The van der Waals surface area contributed by atoms with Crippen LogP contribution >= 0.6 is 11.6 Å². The normalized spacial score (nSPS) is 10.5. The van der Waals surface area contributed by atoms with Gasteiger partial charge in [0.15, 0.2) is 6.61 Å². The standard InChI is InChI=1S/C18H11ClN2O7/c19-13-6-5-11(8-14(13)21(25)26)20-16(22)9-27-17(23)12-7-10-3-1-2-4-15(10)28-18(12)24/h1-8H,9H2,(H,20,22). The van der Waals surface area contributed by atoms with Crippen molar-refractivity contribution in [2.24, 2.45) is 0 Å². The highest BCUT2D eigenvalue weighted by molar-refractivity contribution is 6.32. The number of nitrogens with zero attached hydrogens (tertiary/aromatic N) is 1. The van der Waals surface area contributed by atoms with Crippen LogP contribution in [0, 0.1) is 10.1 Å². The van der Waals surface area contributed by atoms with Crippen molar-refractivity contribution in [3.63, 3.8) is 0 Å². The number of para-hydroxylation sites is 1. The van der Waals surface area contributed by atoms with E-state index in [-0.39, 0.29) is 22.0 Å². The summed E-state index contributed by atoms with van der Waals surface area (Å²) in [4.78, 5) is 46.1. The van der Waals surface area contributed by atoms with Crippen LogP contribution in [0.5, 0.6) is 0 Å². The molecule has 3 aromatic rings. The number of benzene rings is 2. The Morgan fingerprint density at radius 2 is 1.93 bits per heavy atom. The van der Waals surface area contributed by atoms with Gasteiger partial charge in [-0.15, -0.1) is 0 Å². The summed E-state index contributed by atoms with van der Waals surface area (Å²) in [5, 5.41) is 13.6. The van der Waals surface area contributed by atoms with Gasteiger partial charge in [-0.05, 0) is 24.3 Å². The lowest BCUT2D eigenvalue weighted by atomic mass is 10.2. The fourth-order valence-corrected chi connectivity index (χ4v) is 2.53. The first-order chi connectivity index (χ1) is 13.3. The Kier molecular flexibility index (Phi) is 5.37. The van der Waals surface area contributed by atoms with Crippen molar-refractivity contribution in [1.29, 1.82) is 0 Å². The zero-order chi connectivity index (χ0) is 20.3. The number of carbonyl (C=O) groups excluding carboxylic acids is 2. The van der Waals surface area contributed by atoms with E-state index in [2.05, 4.69) is 5.32 Å². The molecule has 0 bridgehead atoms. The third-order valence-electron chi connectivity index (χ3n) is 3.62. The Hall–Kier alpha value is -3.72. The van der Waals surface area contributed by atoms with Crippen LogP contribution < -0.4 is 10.9 Å². The quantitative estimate of drug-likeness (QED) is 0.300. The first-order valence-corrected chi connectivity index (χ1v) is 8.17. The molecule has 9 nitrogen and oxygen atoms in total. The first kappa shape index (κ1) is 19.1. The highest BCUT2D eigenvalue weighted by Gasteiger charge is 2.18. The summed E-state index contributed by atoms with van der Waals surface area (Å²) < 4.78 is 9.85. The minimum atomic E-state index is -1.03. The van der Waals surface area contributed by atoms with Gasteiger partial charge in [-0.25, -0.2) is 9.59 Å². The molecule has 0 aliphatic carbocycles. The summed E-state index contributed by atoms with van der Waals surface area (Å²) in [7, 11) is 0. The third kappa shape index (κ3) is 4.15. The maximum atomic E-state index is 12.1. The topological polar surface area (TPSA) is 129 Å². The molecule has 1 aromatic heterocycles. The number of rotatable bonds is 5. The van der Waals surface area contributed by atoms with E-state index in [0.717, 1.165) is 6.07 Å². The van der Waals surface area contributed by atoms with Gasteiger partial charge in [0.05, 0.1) is 4.92 Å². The van der Waals surface area contributed by atoms with Gasteiger partial charge in [0, 0.05) is 17.1 Å². The van der Waals surface area contributed by atoms with Gasteiger partial charge in [0.1, 0.15) is 16.2 Å². The predicted octanol–water partition coefficient (Wildman–Crippen LogP) is 3.15. The number of nitro benzene ring substituents is 1. The van der Waals surface area contributed by atoms with Crippen molar-refractivity contribution in [2.45, 2.75) is 0 Å². The lowest BCUT2D eigenvalue weighted by molar-refractivity contribution is -0.384. The zero-order valence-corrected chi connectivity index (χ0v) is 14.8. The zero-order valence-electron chi connectivity index (χ0n) is 14.0. The fraction of sp³-hybridized carbons (Fsp3) is 0.0556. The van der Waals surface area contributed by atoms with Crippen molar-refractivity contribution >= 4 is 45.8 Å². The van der Waals surface area contributed by atoms with E-state index < -0.39 is 29.0 Å². The largest absolute Gasteiger partial charge is 0.452 e. The van der Waals surface area contributed by atoms with Crippen molar-refractivity contribution in [3.05, 3.63) is 79.7 Å². The van der Waals surface area contributed by atoms with Gasteiger partial charge in [-0.2, -0.15) is 0 Å². The third-order valence-corrected chi connectivity index (χ3v) is 3.94. The molecule has 0 radical (unpaired) electrons. The summed E-state index contributed by atoms with van der Waals surface area (Å²) in [6.07, 6.45) is 0. The van der Waals surface area contributed by atoms with Gasteiger partial charge in [0.2, 0.25) is 0 Å². The van der Waals surface area contributed by atoms with E-state index in [1.807, 2.05) is 0 Å². The summed E-state index contributed by atoms with van der Waals surface area (Å²) in [5.41, 5.74) is -1.22. The number of ether oxygens (including phenoxy) is 1. The molecule has 1 amide bonds. The van der Waals surface area contributed by atoms with Crippen molar-refractivity contribution in [3.8, 4) is 0 Å². The molecule has 0 aliphatic rings. The second-order valence-corrected chi connectivity index (χ2v) is 5.94. The number of halogens is 1. The molecule has 1 heterocycles. The molecule has 142 valence electrons. The number of hydrogen-bond donors (Lipinski definition) is 1. The van der Waals surface area contributed by atoms with Crippen LogP contribution in [0.15, 0.2) is 57.7 Å². The second kappa shape index (κ2) is 7.89. The van der Waals surface area contributed by atoms with Crippen LogP contribution in [-0.2, 0) is 9.53 Å². The number of anilines is 1.